The third-order valence-corrected chi connectivity index (χ3v) is 3.22. The van der Waals surface area contributed by atoms with Crippen LogP contribution in [0.3, 0.4) is 0 Å². The van der Waals surface area contributed by atoms with Crippen molar-refractivity contribution in [3.8, 4) is 0 Å². The molecule has 0 fully saturated rings. The zero-order chi connectivity index (χ0) is 15.4. The number of nitrogens with zero attached hydrogens (tertiary/aromatic N) is 1. The fraction of sp³-hybridized carbons (Fsp3) is 0.385. The monoisotopic (exact) mass is 305 g/mol. The fourth-order valence-electron chi connectivity index (χ4n) is 1.64. The van der Waals surface area contributed by atoms with Gasteiger partial charge in [-0.3, -0.25) is 9.59 Å². The molecule has 7 heteroatoms. The quantitative estimate of drug-likeness (QED) is 0.851. The van der Waals surface area contributed by atoms with Crippen molar-refractivity contribution >= 4 is 23.5 Å². The zero-order valence-electron chi connectivity index (χ0n) is 11.0. The smallest absolute Gasteiger partial charge is 0.323 e. The maximum absolute atomic E-state index is 13.7. The number of halogens is 3. The van der Waals surface area contributed by atoms with E-state index in [0.717, 1.165) is 4.90 Å². The van der Waals surface area contributed by atoms with Gasteiger partial charge in [0.15, 0.2) is 0 Å². The van der Waals surface area contributed by atoms with Gasteiger partial charge in [0.1, 0.15) is 18.2 Å². The zero-order valence-corrected chi connectivity index (χ0v) is 11.7. The largest absolute Gasteiger partial charge is 0.480 e. The lowest BCUT2D eigenvalue weighted by Gasteiger charge is -2.27. The number of benzene rings is 1. The van der Waals surface area contributed by atoms with Crippen molar-refractivity contribution in [1.29, 1.82) is 0 Å². The van der Waals surface area contributed by atoms with Crippen molar-refractivity contribution < 1.29 is 23.5 Å². The lowest BCUT2D eigenvalue weighted by molar-refractivity contribution is -0.138. The average Bonchev–Trinajstić information content (AvgIpc) is 2.38. The number of rotatable bonds is 5. The minimum Gasteiger partial charge on any atom is -0.480 e. The highest BCUT2D eigenvalue weighted by molar-refractivity contribution is 6.30. The second-order valence-electron chi connectivity index (χ2n) is 4.33. The lowest BCUT2D eigenvalue weighted by Crippen LogP contribution is -2.42. The Kier molecular flexibility index (Phi) is 5.44. The normalized spacial score (nSPS) is 12.1. The first kappa shape index (κ1) is 16.4. The Hall–Kier alpha value is -1.69. The molecule has 0 aliphatic carbocycles. The molecular weight excluding hydrogens is 292 g/mol. The van der Waals surface area contributed by atoms with Crippen molar-refractivity contribution in [2.45, 2.75) is 26.3 Å². The highest BCUT2D eigenvalue weighted by Gasteiger charge is 2.26. The van der Waals surface area contributed by atoms with Gasteiger partial charge in [-0.25, -0.2) is 8.78 Å². The summed E-state index contributed by atoms with van der Waals surface area (Å²) >= 11 is 5.41. The fourth-order valence-corrected chi connectivity index (χ4v) is 1.79. The van der Waals surface area contributed by atoms with Crippen molar-refractivity contribution in [2.24, 2.45) is 0 Å². The van der Waals surface area contributed by atoms with E-state index in [2.05, 4.69) is 0 Å². The number of aliphatic carboxylic acids is 1. The van der Waals surface area contributed by atoms with Crippen molar-refractivity contribution in [1.82, 2.24) is 4.90 Å². The summed E-state index contributed by atoms with van der Waals surface area (Å²) in [5.41, 5.74) is -0.534. The van der Waals surface area contributed by atoms with E-state index in [9.17, 15) is 18.4 Å². The predicted octanol–water partition coefficient (Wildman–Crippen LogP) is 2.94. The van der Waals surface area contributed by atoms with Gasteiger partial charge in [0.05, 0.1) is 10.6 Å². The molecule has 1 unspecified atom stereocenters. The van der Waals surface area contributed by atoms with Crippen LogP contribution in [0.5, 0.6) is 0 Å². The first-order chi connectivity index (χ1) is 9.27. The van der Waals surface area contributed by atoms with E-state index < -0.39 is 46.7 Å². The van der Waals surface area contributed by atoms with Crippen LogP contribution in [0.4, 0.5) is 8.78 Å². The summed E-state index contributed by atoms with van der Waals surface area (Å²) in [5, 5.41) is 8.37. The SMILES string of the molecule is CCC(C)N(CC(=O)O)C(=O)c1cc(F)c(Cl)cc1F. The van der Waals surface area contributed by atoms with E-state index in [1.807, 2.05) is 0 Å². The molecule has 1 aromatic carbocycles. The molecule has 20 heavy (non-hydrogen) atoms. The van der Waals surface area contributed by atoms with Crippen molar-refractivity contribution in [3.63, 3.8) is 0 Å². The number of carboxylic acid groups (broad SMARTS) is 1. The Morgan fingerprint density at radius 2 is 1.95 bits per heavy atom. The molecular formula is C13H14ClF2NO3. The minimum absolute atomic E-state index is 0.420. The summed E-state index contributed by atoms with van der Waals surface area (Å²) in [6.45, 7) is 2.80. The van der Waals surface area contributed by atoms with Crippen LogP contribution in [0.25, 0.3) is 0 Å². The van der Waals surface area contributed by atoms with Gasteiger partial charge >= 0.3 is 5.97 Å². The van der Waals surface area contributed by atoms with E-state index >= 15 is 0 Å². The summed E-state index contributed by atoms with van der Waals surface area (Å²) in [7, 11) is 0. The average molecular weight is 306 g/mol. The first-order valence-corrected chi connectivity index (χ1v) is 6.33. The molecule has 0 saturated carbocycles. The molecule has 0 bridgehead atoms. The van der Waals surface area contributed by atoms with Crippen LogP contribution in [-0.2, 0) is 4.79 Å². The predicted molar refractivity (Wildman–Crippen MR) is 69.8 cm³/mol. The van der Waals surface area contributed by atoms with Crippen LogP contribution in [0, 0.1) is 11.6 Å². The molecule has 1 atom stereocenters. The molecule has 0 radical (unpaired) electrons. The van der Waals surface area contributed by atoms with Crippen LogP contribution in [0.2, 0.25) is 5.02 Å². The molecule has 1 aromatic rings. The Morgan fingerprint density at radius 3 is 2.45 bits per heavy atom. The molecule has 0 aromatic heterocycles. The number of hydrogen-bond acceptors (Lipinski definition) is 2. The second-order valence-corrected chi connectivity index (χ2v) is 4.74. The summed E-state index contributed by atoms with van der Waals surface area (Å²) in [5.74, 6) is -4.03. The summed E-state index contributed by atoms with van der Waals surface area (Å²) in [6.07, 6.45) is 0.483. The van der Waals surface area contributed by atoms with Crippen molar-refractivity contribution in [2.75, 3.05) is 6.54 Å². The molecule has 0 aliphatic heterocycles. The summed E-state index contributed by atoms with van der Waals surface area (Å²) < 4.78 is 27.0. The van der Waals surface area contributed by atoms with Gasteiger partial charge in [-0.1, -0.05) is 18.5 Å². The van der Waals surface area contributed by atoms with Gasteiger partial charge in [0, 0.05) is 6.04 Å². The number of hydrogen-bond donors (Lipinski definition) is 1. The van der Waals surface area contributed by atoms with Gasteiger partial charge in [-0.2, -0.15) is 0 Å². The molecule has 0 aliphatic rings. The van der Waals surface area contributed by atoms with E-state index in [-0.39, 0.29) is 0 Å². The van der Waals surface area contributed by atoms with Crippen LogP contribution in [-0.4, -0.2) is 34.5 Å². The number of carbonyl (C=O) groups is 2. The van der Waals surface area contributed by atoms with Crippen molar-refractivity contribution in [3.05, 3.63) is 34.4 Å². The first-order valence-electron chi connectivity index (χ1n) is 5.95. The van der Waals surface area contributed by atoms with Gasteiger partial charge in [0.2, 0.25) is 0 Å². The van der Waals surface area contributed by atoms with E-state index in [0.29, 0.717) is 18.6 Å². The standard InChI is InChI=1S/C13H14ClF2NO3/c1-3-7(2)17(6-12(18)19)13(20)8-4-11(16)9(14)5-10(8)15/h4-5,7H,3,6H2,1-2H3,(H,18,19). The molecule has 1 amide bonds. The maximum Gasteiger partial charge on any atom is 0.323 e. The third kappa shape index (κ3) is 3.66. The van der Waals surface area contributed by atoms with Gasteiger partial charge in [-0.05, 0) is 25.5 Å². The summed E-state index contributed by atoms with van der Waals surface area (Å²) in [6, 6.07) is 0.952. The topological polar surface area (TPSA) is 57.6 Å². The third-order valence-electron chi connectivity index (χ3n) is 2.93. The van der Waals surface area contributed by atoms with Gasteiger partial charge in [-0.15, -0.1) is 0 Å². The lowest BCUT2D eigenvalue weighted by atomic mass is 10.1. The van der Waals surface area contributed by atoms with Crippen LogP contribution in [0.15, 0.2) is 12.1 Å². The highest BCUT2D eigenvalue weighted by atomic mass is 35.5. The molecule has 0 heterocycles. The van der Waals surface area contributed by atoms with Crippen LogP contribution < -0.4 is 0 Å². The Bertz CT molecular complexity index is 537. The maximum atomic E-state index is 13.7. The Labute approximate surface area is 119 Å². The molecule has 0 spiro atoms. The molecule has 4 nitrogen and oxygen atoms in total. The van der Waals surface area contributed by atoms with E-state index in [1.54, 1.807) is 13.8 Å². The molecule has 0 saturated heterocycles. The van der Waals surface area contributed by atoms with E-state index in [1.165, 1.54) is 0 Å². The molecule has 110 valence electrons. The second kappa shape index (κ2) is 6.65. The highest BCUT2D eigenvalue weighted by Crippen LogP contribution is 2.21. The molecule has 1 N–H and O–H groups in total. The summed E-state index contributed by atoms with van der Waals surface area (Å²) in [4.78, 5) is 23.9. The molecule has 1 rings (SSSR count). The van der Waals surface area contributed by atoms with E-state index in [4.69, 9.17) is 16.7 Å². The number of amides is 1. The minimum atomic E-state index is -1.23. The number of carbonyl (C=O) groups excluding carboxylic acids is 1. The van der Waals surface area contributed by atoms with Gasteiger partial charge < -0.3 is 10.0 Å². The Morgan fingerprint density at radius 1 is 1.35 bits per heavy atom. The Balaban J connectivity index is 3.18. The van der Waals surface area contributed by atoms with Gasteiger partial charge in [0.25, 0.3) is 5.91 Å². The van der Waals surface area contributed by atoms with Crippen LogP contribution >= 0.6 is 11.6 Å². The number of carboxylic acids is 1. The van der Waals surface area contributed by atoms with Crippen LogP contribution in [0.1, 0.15) is 30.6 Å².